The first-order valence-corrected chi connectivity index (χ1v) is 15.3. The van der Waals surface area contributed by atoms with Crippen molar-refractivity contribution in [2.24, 2.45) is 10.2 Å². The van der Waals surface area contributed by atoms with Gasteiger partial charge in [0.2, 0.25) is 11.8 Å². The number of hydrogen-bond acceptors (Lipinski definition) is 11. The fourth-order valence-corrected chi connectivity index (χ4v) is 5.61. The number of nitrogens with zero attached hydrogens (tertiary/aromatic N) is 4. The average Bonchev–Trinajstić information content (AvgIpc) is 3.30. The molecule has 238 valence electrons. The smallest absolute Gasteiger partial charge is 0.339 e. The fourth-order valence-electron chi connectivity index (χ4n) is 4.60. The lowest BCUT2D eigenvalue weighted by atomic mass is 10.0. The number of aromatic nitrogens is 1. The van der Waals surface area contributed by atoms with Gasteiger partial charge in [-0.25, -0.2) is 18.2 Å². The number of amides is 4. The highest BCUT2D eigenvalue weighted by molar-refractivity contribution is 7.92. The van der Waals surface area contributed by atoms with Crippen molar-refractivity contribution in [1.82, 2.24) is 15.2 Å². The van der Waals surface area contributed by atoms with Crippen molar-refractivity contribution in [3.63, 3.8) is 0 Å². The number of rotatable bonds is 7. The van der Waals surface area contributed by atoms with E-state index in [1.165, 1.54) is 54.7 Å². The van der Waals surface area contributed by atoms with Crippen LogP contribution in [0.1, 0.15) is 43.9 Å². The molecular weight excluding hydrogens is 632 g/mol. The predicted molar refractivity (Wildman–Crippen MR) is 164 cm³/mol. The van der Waals surface area contributed by atoms with Crippen molar-refractivity contribution in [3.05, 3.63) is 108 Å². The molecule has 1 saturated heterocycles. The SMILES string of the molecule is O=C(O)c1cc(N=Nc2ccc(S(=O)(=O)Nc3ccccn3)cc2)ccc1O.O=C1CCC(N2C(=O)c3ccccc3C2=O)C(=O)N1. The maximum absolute atomic E-state index is 12.3. The van der Waals surface area contributed by atoms with Crippen molar-refractivity contribution in [1.29, 1.82) is 0 Å². The maximum Gasteiger partial charge on any atom is 0.339 e. The van der Waals surface area contributed by atoms with Crippen molar-refractivity contribution in [3.8, 4) is 5.75 Å². The Morgan fingerprint density at radius 1 is 0.872 bits per heavy atom. The normalized spacial score (nSPS) is 15.9. The summed E-state index contributed by atoms with van der Waals surface area (Å²) in [6.07, 6.45) is 1.78. The van der Waals surface area contributed by atoms with Crippen LogP contribution < -0.4 is 10.0 Å². The number of carbonyl (C=O) groups is 5. The van der Waals surface area contributed by atoms with Gasteiger partial charge in [0, 0.05) is 12.6 Å². The molecule has 2 aliphatic heterocycles. The first kappa shape index (κ1) is 32.1. The number of carbonyl (C=O) groups excluding carboxylic acids is 4. The van der Waals surface area contributed by atoms with Gasteiger partial charge in [-0.3, -0.25) is 34.1 Å². The van der Waals surface area contributed by atoms with E-state index in [0.29, 0.717) is 16.8 Å². The summed E-state index contributed by atoms with van der Waals surface area (Å²) in [5.74, 6) is -3.38. The average molecular weight is 657 g/mol. The van der Waals surface area contributed by atoms with Crippen LogP contribution in [0.2, 0.25) is 0 Å². The Morgan fingerprint density at radius 3 is 2.09 bits per heavy atom. The molecule has 0 saturated carbocycles. The Balaban J connectivity index is 0.000000198. The maximum atomic E-state index is 12.3. The van der Waals surface area contributed by atoms with E-state index in [1.54, 1.807) is 36.4 Å². The lowest BCUT2D eigenvalue weighted by Crippen LogP contribution is -2.54. The molecule has 0 spiro atoms. The minimum Gasteiger partial charge on any atom is -0.507 e. The van der Waals surface area contributed by atoms with Crippen LogP contribution in [0.15, 0.2) is 106 Å². The number of imide groups is 2. The number of nitrogens with one attached hydrogen (secondary N) is 2. The van der Waals surface area contributed by atoms with Crippen molar-refractivity contribution in [2.45, 2.75) is 23.8 Å². The Labute approximate surface area is 266 Å². The highest BCUT2D eigenvalue weighted by atomic mass is 32.2. The molecule has 0 aliphatic carbocycles. The third-order valence-electron chi connectivity index (χ3n) is 6.89. The summed E-state index contributed by atoms with van der Waals surface area (Å²) in [7, 11) is -3.79. The topological polar surface area (TPSA) is 225 Å². The molecule has 2 aliphatic rings. The van der Waals surface area contributed by atoms with Crippen LogP contribution in [0, 0.1) is 0 Å². The molecule has 6 rings (SSSR count). The number of carboxylic acids is 1. The number of aromatic carboxylic acids is 1. The quantitative estimate of drug-likeness (QED) is 0.166. The molecule has 16 heteroatoms. The molecule has 15 nitrogen and oxygen atoms in total. The first-order valence-electron chi connectivity index (χ1n) is 13.8. The van der Waals surface area contributed by atoms with Crippen LogP contribution in [0.5, 0.6) is 5.75 Å². The van der Waals surface area contributed by atoms with Gasteiger partial charge in [0.05, 0.1) is 27.4 Å². The molecule has 1 aromatic heterocycles. The predicted octanol–water partition coefficient (Wildman–Crippen LogP) is 3.79. The third-order valence-corrected chi connectivity index (χ3v) is 8.26. The lowest BCUT2D eigenvalue weighted by Gasteiger charge is -2.27. The summed E-state index contributed by atoms with van der Waals surface area (Å²) in [6, 6.07) is 19.8. The van der Waals surface area contributed by atoms with Crippen LogP contribution in [0.3, 0.4) is 0 Å². The molecule has 3 aromatic carbocycles. The van der Waals surface area contributed by atoms with Crippen molar-refractivity contribution >= 4 is 56.8 Å². The minimum atomic E-state index is -3.79. The van der Waals surface area contributed by atoms with Crippen LogP contribution in [0.25, 0.3) is 0 Å². The number of piperidine rings is 1. The van der Waals surface area contributed by atoms with Crippen molar-refractivity contribution in [2.75, 3.05) is 4.72 Å². The monoisotopic (exact) mass is 656 g/mol. The van der Waals surface area contributed by atoms with Gasteiger partial charge in [0.25, 0.3) is 21.8 Å². The van der Waals surface area contributed by atoms with Gasteiger partial charge in [-0.1, -0.05) is 18.2 Å². The molecule has 4 N–H and O–H groups in total. The van der Waals surface area contributed by atoms with E-state index >= 15 is 0 Å². The Hall–Kier alpha value is -6.29. The molecule has 3 heterocycles. The van der Waals surface area contributed by atoms with Gasteiger partial charge in [-0.05, 0) is 73.2 Å². The number of carboxylic acid groups (broad SMARTS) is 1. The number of aromatic hydroxyl groups is 1. The number of pyridine rings is 1. The molecule has 0 radical (unpaired) electrons. The fraction of sp³-hybridized carbons (Fsp3) is 0.0968. The first-order chi connectivity index (χ1) is 22.4. The number of sulfonamides is 1. The second-order valence-corrected chi connectivity index (χ2v) is 11.7. The second-order valence-electron chi connectivity index (χ2n) is 10.0. The van der Waals surface area contributed by atoms with Gasteiger partial charge in [-0.15, -0.1) is 0 Å². The summed E-state index contributed by atoms with van der Waals surface area (Å²) < 4.78 is 27.0. The Kier molecular flexibility index (Phi) is 9.14. The van der Waals surface area contributed by atoms with E-state index in [4.69, 9.17) is 5.11 Å². The van der Waals surface area contributed by atoms with Crippen LogP contribution in [0.4, 0.5) is 17.2 Å². The Morgan fingerprint density at radius 2 is 1.49 bits per heavy atom. The van der Waals surface area contributed by atoms with Gasteiger partial charge in [-0.2, -0.15) is 10.2 Å². The number of fused-ring (bicyclic) bond motifs is 1. The highest BCUT2D eigenvalue weighted by Gasteiger charge is 2.44. The van der Waals surface area contributed by atoms with Crippen molar-refractivity contribution < 1.29 is 42.6 Å². The van der Waals surface area contributed by atoms with E-state index in [1.807, 2.05) is 0 Å². The number of azo groups is 1. The van der Waals surface area contributed by atoms with Gasteiger partial charge >= 0.3 is 5.97 Å². The van der Waals surface area contributed by atoms with E-state index < -0.39 is 39.8 Å². The molecule has 1 fully saturated rings. The van der Waals surface area contributed by atoms with Crippen LogP contribution in [-0.2, 0) is 19.6 Å². The summed E-state index contributed by atoms with van der Waals surface area (Å²) in [5, 5.41) is 28.5. The molecule has 0 bridgehead atoms. The minimum absolute atomic E-state index is 0.0231. The molecule has 1 unspecified atom stereocenters. The zero-order valence-corrected chi connectivity index (χ0v) is 24.9. The molecule has 4 aromatic rings. The zero-order valence-electron chi connectivity index (χ0n) is 24.1. The van der Waals surface area contributed by atoms with Crippen LogP contribution in [-0.4, -0.2) is 64.2 Å². The number of hydrogen-bond donors (Lipinski definition) is 4. The number of benzene rings is 3. The third kappa shape index (κ3) is 7.18. The largest absolute Gasteiger partial charge is 0.507 e. The molecular formula is C31H24N6O9S. The van der Waals surface area contributed by atoms with Gasteiger partial charge in [0.15, 0.2) is 0 Å². The van der Waals surface area contributed by atoms with Gasteiger partial charge < -0.3 is 10.2 Å². The van der Waals surface area contributed by atoms with Crippen LogP contribution >= 0.6 is 0 Å². The number of anilines is 1. The number of phenols is 1. The standard InChI is InChI=1S/C18H14N4O5S.C13H10N2O4/c23-16-9-6-13(11-15(16)18(24)25)21-20-12-4-7-14(8-5-12)28(26,27)22-17-3-1-2-10-19-17;16-10-6-5-9(11(17)14-10)15-12(18)7-3-1-2-4-8(7)13(15)19/h1-11,23H,(H,19,22)(H,24,25);1-4,9H,5-6H2,(H,14,16,17). The summed E-state index contributed by atoms with van der Waals surface area (Å²) in [6.45, 7) is 0. The summed E-state index contributed by atoms with van der Waals surface area (Å²) in [5.41, 5.74) is 0.901. The Bertz CT molecular complexity index is 2000. The summed E-state index contributed by atoms with van der Waals surface area (Å²) in [4.78, 5) is 63.1. The molecule has 1 atom stereocenters. The highest BCUT2D eigenvalue weighted by Crippen LogP contribution is 2.28. The second kappa shape index (κ2) is 13.4. The molecule has 4 amide bonds. The van der Waals surface area contributed by atoms with E-state index in [2.05, 4.69) is 25.3 Å². The van der Waals surface area contributed by atoms with E-state index in [9.17, 15) is 37.5 Å². The zero-order chi connectivity index (χ0) is 33.7. The molecule has 47 heavy (non-hydrogen) atoms. The van der Waals surface area contributed by atoms with E-state index in [-0.39, 0.29) is 46.5 Å². The van der Waals surface area contributed by atoms with E-state index in [0.717, 1.165) is 4.90 Å². The summed E-state index contributed by atoms with van der Waals surface area (Å²) >= 11 is 0. The van der Waals surface area contributed by atoms with Gasteiger partial charge in [0.1, 0.15) is 23.2 Å². The lowest BCUT2D eigenvalue weighted by molar-refractivity contribution is -0.136.